The molecule has 2 rings (SSSR count). The molecule has 1 aromatic carbocycles. The molecule has 0 radical (unpaired) electrons. The summed E-state index contributed by atoms with van der Waals surface area (Å²) in [5.74, 6) is -0.767. The Morgan fingerprint density at radius 3 is 2.45 bits per heavy atom. The summed E-state index contributed by atoms with van der Waals surface area (Å²) < 4.78 is 30.3. The smallest absolute Gasteiger partial charge is 0.335 e. The molecule has 0 aliphatic carbocycles. The first-order valence-electron chi connectivity index (χ1n) is 6.95. The van der Waals surface area contributed by atoms with Crippen LogP contribution in [0.15, 0.2) is 34.7 Å². The molecule has 0 saturated carbocycles. The molecule has 1 aliphatic rings. The number of carbonyl (C=O) groups is 1. The van der Waals surface area contributed by atoms with E-state index >= 15 is 0 Å². The fourth-order valence-electron chi connectivity index (χ4n) is 2.35. The number of hydrogen-bond donors (Lipinski definition) is 0. The Hall–Kier alpha value is -2.13. The third-order valence-corrected chi connectivity index (χ3v) is 5.57. The van der Waals surface area contributed by atoms with Gasteiger partial charge in [-0.15, -0.1) is 0 Å². The fraction of sp³-hybridized carbons (Fsp3) is 0.375. The molecule has 5 nitrogen and oxygen atoms in total. The highest BCUT2D eigenvalue weighted by Gasteiger charge is 2.39. The topological polar surface area (TPSA) is 84.2 Å². The van der Waals surface area contributed by atoms with E-state index in [1.807, 2.05) is 25.1 Å². The second-order valence-electron chi connectivity index (χ2n) is 5.27. The van der Waals surface area contributed by atoms with E-state index in [0.717, 1.165) is 5.56 Å². The number of esters is 1. The number of hydrogen-bond acceptors (Lipinski definition) is 5. The molecule has 1 unspecified atom stereocenters. The molecule has 1 aromatic rings. The third kappa shape index (κ3) is 3.20. The third-order valence-electron chi connectivity index (χ3n) is 3.56. The van der Waals surface area contributed by atoms with Crippen molar-refractivity contribution in [2.75, 3.05) is 5.75 Å². The molecular formula is C16H17NO4S. The van der Waals surface area contributed by atoms with E-state index in [1.54, 1.807) is 12.1 Å². The first kappa shape index (κ1) is 16.2. The molecule has 1 aliphatic heterocycles. The van der Waals surface area contributed by atoms with E-state index in [0.29, 0.717) is 5.56 Å². The van der Waals surface area contributed by atoms with Crippen LogP contribution in [0.25, 0.3) is 0 Å². The minimum atomic E-state index is -3.64. The highest BCUT2D eigenvalue weighted by molar-refractivity contribution is 7.95. The predicted molar refractivity (Wildman–Crippen MR) is 81.3 cm³/mol. The summed E-state index contributed by atoms with van der Waals surface area (Å²) in [6.45, 7) is 3.39. The zero-order chi connectivity index (χ0) is 16.3. The zero-order valence-corrected chi connectivity index (χ0v) is 13.3. The van der Waals surface area contributed by atoms with Gasteiger partial charge < -0.3 is 4.74 Å². The average Bonchev–Trinajstić information content (AvgIpc) is 2.76. The van der Waals surface area contributed by atoms with Crippen molar-refractivity contribution in [3.63, 3.8) is 0 Å². The summed E-state index contributed by atoms with van der Waals surface area (Å²) in [7, 11) is -3.64. The Bertz CT molecular complexity index is 754. The van der Waals surface area contributed by atoms with E-state index in [-0.39, 0.29) is 29.1 Å². The molecule has 0 N–H and O–H groups in total. The van der Waals surface area contributed by atoms with Gasteiger partial charge in [-0.3, -0.25) is 0 Å². The van der Waals surface area contributed by atoms with E-state index < -0.39 is 21.9 Å². The number of nitrogens with zero attached hydrogens (tertiary/aromatic N) is 1. The maximum absolute atomic E-state index is 12.5. The van der Waals surface area contributed by atoms with Gasteiger partial charge in [0.1, 0.15) is 0 Å². The van der Waals surface area contributed by atoms with Gasteiger partial charge in [0.2, 0.25) is 0 Å². The molecule has 0 spiro atoms. The van der Waals surface area contributed by atoms with Crippen molar-refractivity contribution in [1.29, 1.82) is 5.26 Å². The lowest BCUT2D eigenvalue weighted by molar-refractivity contribution is -0.139. The van der Waals surface area contributed by atoms with Crippen molar-refractivity contribution >= 4 is 15.8 Å². The first-order valence-corrected chi connectivity index (χ1v) is 8.60. The number of benzene rings is 1. The van der Waals surface area contributed by atoms with Gasteiger partial charge in [0, 0.05) is 6.42 Å². The van der Waals surface area contributed by atoms with Crippen molar-refractivity contribution in [3.05, 3.63) is 45.9 Å². The number of ether oxygens (including phenoxy) is 1. The second kappa shape index (κ2) is 6.32. The van der Waals surface area contributed by atoms with E-state index in [2.05, 4.69) is 0 Å². The molecule has 6 heteroatoms. The maximum Gasteiger partial charge on any atom is 0.335 e. The zero-order valence-electron chi connectivity index (χ0n) is 12.5. The lowest BCUT2D eigenvalue weighted by Crippen LogP contribution is -2.15. The van der Waals surface area contributed by atoms with Gasteiger partial charge in [-0.2, -0.15) is 5.26 Å². The molecule has 1 atom stereocenters. The summed E-state index contributed by atoms with van der Waals surface area (Å²) in [4.78, 5) is 11.8. The minimum absolute atomic E-state index is 0.0271. The molecule has 0 bridgehead atoms. The number of nitriles is 1. The first-order chi connectivity index (χ1) is 10.4. The molecule has 0 aromatic heterocycles. The van der Waals surface area contributed by atoms with Crippen molar-refractivity contribution < 1.29 is 17.9 Å². The molecule has 0 fully saturated rings. The normalized spacial score (nSPS) is 18.2. The van der Waals surface area contributed by atoms with Gasteiger partial charge in [-0.05, 0) is 25.8 Å². The molecule has 0 saturated heterocycles. The summed E-state index contributed by atoms with van der Waals surface area (Å²) in [5.41, 5.74) is 1.80. The lowest BCUT2D eigenvalue weighted by atomic mass is 10.1. The fourth-order valence-corrected chi connectivity index (χ4v) is 4.16. The van der Waals surface area contributed by atoms with Crippen LogP contribution in [0.1, 0.15) is 37.0 Å². The van der Waals surface area contributed by atoms with Crippen LogP contribution in [0.4, 0.5) is 0 Å². The van der Waals surface area contributed by atoms with Gasteiger partial charge in [0.25, 0.3) is 0 Å². The van der Waals surface area contributed by atoms with Crippen LogP contribution in [0.2, 0.25) is 0 Å². The largest absolute Gasteiger partial charge is 0.448 e. The van der Waals surface area contributed by atoms with Crippen molar-refractivity contribution in [1.82, 2.24) is 0 Å². The number of cyclic esters (lactones) is 1. The second-order valence-corrected chi connectivity index (χ2v) is 7.34. The number of aryl methyl sites for hydroxylation is 1. The Kier molecular flexibility index (Phi) is 4.67. The van der Waals surface area contributed by atoms with Gasteiger partial charge in [-0.1, -0.05) is 29.8 Å². The van der Waals surface area contributed by atoms with Gasteiger partial charge in [0.15, 0.2) is 15.9 Å². The summed E-state index contributed by atoms with van der Waals surface area (Å²) in [6.07, 6.45) is -0.486. The Labute approximate surface area is 130 Å². The van der Waals surface area contributed by atoms with Gasteiger partial charge >= 0.3 is 5.97 Å². The quantitative estimate of drug-likeness (QED) is 0.615. The standard InChI is InChI=1S/C16H17NO4S/c1-11-5-7-13(8-6-11)14-15(12(2)16(18)21-14)22(19,20)10-4-3-9-17/h5-8,14H,3-4,10H2,1-2H3. The number of unbranched alkanes of at least 4 members (excludes halogenated alkanes) is 1. The number of sulfone groups is 1. The van der Waals surface area contributed by atoms with Crippen LogP contribution >= 0.6 is 0 Å². The molecular weight excluding hydrogens is 302 g/mol. The van der Waals surface area contributed by atoms with Crippen LogP contribution in [0.5, 0.6) is 0 Å². The highest BCUT2D eigenvalue weighted by Crippen LogP contribution is 2.38. The maximum atomic E-state index is 12.5. The van der Waals surface area contributed by atoms with Crippen molar-refractivity contribution in [3.8, 4) is 6.07 Å². The van der Waals surface area contributed by atoms with Gasteiger partial charge in [-0.25, -0.2) is 13.2 Å². The molecule has 0 amide bonds. The van der Waals surface area contributed by atoms with Crippen LogP contribution < -0.4 is 0 Å². The van der Waals surface area contributed by atoms with Crippen LogP contribution in [0.3, 0.4) is 0 Å². The van der Waals surface area contributed by atoms with E-state index in [1.165, 1.54) is 6.92 Å². The minimum Gasteiger partial charge on any atom is -0.448 e. The van der Waals surface area contributed by atoms with Crippen molar-refractivity contribution in [2.24, 2.45) is 0 Å². The highest BCUT2D eigenvalue weighted by atomic mass is 32.2. The molecule has 22 heavy (non-hydrogen) atoms. The average molecular weight is 319 g/mol. The SMILES string of the molecule is CC1=C(S(=O)(=O)CCCC#N)C(c2ccc(C)cc2)OC1=O. The monoisotopic (exact) mass is 319 g/mol. The number of rotatable bonds is 5. The van der Waals surface area contributed by atoms with Crippen LogP contribution in [-0.4, -0.2) is 20.1 Å². The summed E-state index contributed by atoms with van der Waals surface area (Å²) in [5, 5.41) is 8.54. The Balaban J connectivity index is 2.38. The van der Waals surface area contributed by atoms with Crippen molar-refractivity contribution in [2.45, 2.75) is 32.8 Å². The number of carbonyl (C=O) groups excluding carboxylic acids is 1. The predicted octanol–water partition coefficient (Wildman–Crippen LogP) is 2.59. The van der Waals surface area contributed by atoms with Crippen LogP contribution in [-0.2, 0) is 19.4 Å². The summed E-state index contributed by atoms with van der Waals surface area (Å²) >= 11 is 0. The van der Waals surface area contributed by atoms with E-state index in [9.17, 15) is 13.2 Å². The molecule has 116 valence electrons. The van der Waals surface area contributed by atoms with Gasteiger partial charge in [0.05, 0.1) is 22.3 Å². The lowest BCUT2D eigenvalue weighted by Gasteiger charge is -2.15. The Morgan fingerprint density at radius 1 is 1.23 bits per heavy atom. The van der Waals surface area contributed by atoms with Crippen LogP contribution in [0, 0.1) is 18.3 Å². The molecule has 1 heterocycles. The Morgan fingerprint density at radius 2 is 1.86 bits per heavy atom. The summed E-state index contributed by atoms with van der Waals surface area (Å²) in [6, 6.07) is 9.13. The van der Waals surface area contributed by atoms with E-state index in [4.69, 9.17) is 10.00 Å².